The van der Waals surface area contributed by atoms with E-state index in [0.717, 1.165) is 18.4 Å². The average Bonchev–Trinajstić information content (AvgIpc) is 3.36. The van der Waals surface area contributed by atoms with Crippen molar-refractivity contribution < 1.29 is 24.0 Å². The predicted molar refractivity (Wildman–Crippen MR) is 139 cm³/mol. The van der Waals surface area contributed by atoms with Gasteiger partial charge in [-0.05, 0) is 45.1 Å². The summed E-state index contributed by atoms with van der Waals surface area (Å²) in [5, 5.41) is 8.49. The fraction of sp³-hybridized carbons (Fsp3) is 0.607. The minimum absolute atomic E-state index is 0.210. The van der Waals surface area contributed by atoms with Crippen LogP contribution >= 0.6 is 0 Å². The van der Waals surface area contributed by atoms with Crippen molar-refractivity contribution in [1.82, 2.24) is 20.9 Å². The van der Waals surface area contributed by atoms with Gasteiger partial charge in [0, 0.05) is 25.8 Å². The normalized spacial score (nSPS) is 24.3. The minimum Gasteiger partial charge on any atom is -0.343 e. The van der Waals surface area contributed by atoms with Crippen LogP contribution in [0, 0.1) is 0 Å². The zero-order chi connectivity index (χ0) is 27.0. The maximum Gasteiger partial charge on any atom is 0.246 e. The highest BCUT2D eigenvalue weighted by atomic mass is 16.2. The number of carbonyl (C=O) groups excluding carboxylic acids is 5. The monoisotopic (exact) mass is 512 g/mol. The molecule has 3 N–H and O–H groups in total. The Hall–Kier alpha value is -3.23. The minimum atomic E-state index is -1.30. The SMILES string of the molecule is CCC(=O)CCCCC[C@@H]1NC(=O)C2CCCN2C(=O)[C@H](Cc2ccccc2)NC(=O)C(C)(C)NC1=O. The number of amides is 4. The Morgan fingerprint density at radius 2 is 1.70 bits per heavy atom. The van der Waals surface area contributed by atoms with Gasteiger partial charge < -0.3 is 20.9 Å². The summed E-state index contributed by atoms with van der Waals surface area (Å²) in [6.45, 7) is 5.43. The molecule has 2 aliphatic heterocycles. The molecular weight excluding hydrogens is 472 g/mol. The molecule has 1 unspecified atom stereocenters. The van der Waals surface area contributed by atoms with Crippen molar-refractivity contribution in [3.63, 3.8) is 0 Å². The van der Waals surface area contributed by atoms with E-state index in [1.165, 1.54) is 0 Å². The van der Waals surface area contributed by atoms with Gasteiger partial charge in [0.2, 0.25) is 23.6 Å². The average molecular weight is 513 g/mol. The van der Waals surface area contributed by atoms with Gasteiger partial charge in [-0.15, -0.1) is 0 Å². The number of unbranched alkanes of at least 4 members (excludes halogenated alkanes) is 2. The third-order valence-electron chi connectivity index (χ3n) is 7.20. The van der Waals surface area contributed by atoms with E-state index in [1.54, 1.807) is 18.7 Å². The first-order valence-corrected chi connectivity index (χ1v) is 13.4. The maximum absolute atomic E-state index is 13.6. The number of fused-ring (bicyclic) bond motifs is 1. The first-order valence-electron chi connectivity index (χ1n) is 13.4. The molecule has 0 radical (unpaired) electrons. The second-order valence-corrected chi connectivity index (χ2v) is 10.6. The lowest BCUT2D eigenvalue weighted by Crippen LogP contribution is -2.64. The van der Waals surface area contributed by atoms with Crippen LogP contribution in [0.3, 0.4) is 0 Å². The van der Waals surface area contributed by atoms with Crippen molar-refractivity contribution in [1.29, 1.82) is 0 Å². The van der Waals surface area contributed by atoms with E-state index in [0.29, 0.717) is 45.1 Å². The summed E-state index contributed by atoms with van der Waals surface area (Å²) in [7, 11) is 0. The van der Waals surface area contributed by atoms with E-state index >= 15 is 0 Å². The smallest absolute Gasteiger partial charge is 0.246 e. The quantitative estimate of drug-likeness (QED) is 0.437. The fourth-order valence-corrected chi connectivity index (χ4v) is 4.90. The number of Topliss-reactive ketones (excluding diaryl/α,β-unsaturated/α-hetero) is 1. The highest BCUT2D eigenvalue weighted by Crippen LogP contribution is 2.21. The summed E-state index contributed by atoms with van der Waals surface area (Å²) in [6.07, 6.45) is 5.00. The van der Waals surface area contributed by atoms with Gasteiger partial charge in [0.15, 0.2) is 0 Å². The number of hydrogen-bond donors (Lipinski definition) is 3. The van der Waals surface area contributed by atoms with E-state index in [4.69, 9.17) is 0 Å². The molecule has 2 saturated heterocycles. The summed E-state index contributed by atoms with van der Waals surface area (Å²) in [5.74, 6) is -1.34. The number of rotatable bonds is 9. The number of benzene rings is 1. The molecule has 9 heteroatoms. The number of nitrogens with zero attached hydrogens (tertiary/aromatic N) is 1. The highest BCUT2D eigenvalue weighted by Gasteiger charge is 2.42. The van der Waals surface area contributed by atoms with Crippen LogP contribution in [-0.2, 0) is 30.4 Å². The molecule has 2 aliphatic rings. The van der Waals surface area contributed by atoms with Gasteiger partial charge in [-0.1, -0.05) is 50.1 Å². The summed E-state index contributed by atoms with van der Waals surface area (Å²) < 4.78 is 0. The van der Waals surface area contributed by atoms with Crippen molar-refractivity contribution >= 4 is 29.4 Å². The van der Waals surface area contributed by atoms with E-state index in [9.17, 15) is 24.0 Å². The first-order chi connectivity index (χ1) is 17.6. The van der Waals surface area contributed by atoms with Crippen molar-refractivity contribution in [3.8, 4) is 0 Å². The van der Waals surface area contributed by atoms with Gasteiger partial charge >= 0.3 is 0 Å². The fourth-order valence-electron chi connectivity index (χ4n) is 4.90. The standard InChI is InChI=1S/C28H40N4O5/c1-4-20(33)14-9-6-10-15-21-24(34)31-28(2,3)27(37)30-22(18-19-12-7-5-8-13-19)26(36)32-17-11-16-23(32)25(35)29-21/h5,7-8,12-13,21-23H,4,6,9-11,14-18H2,1-3H3,(H,29,35)(H,30,37)(H,31,34)/t21-,22-,23?/m0/s1. The molecular formula is C28H40N4O5. The first kappa shape index (κ1) is 28.3. The zero-order valence-electron chi connectivity index (χ0n) is 22.2. The summed E-state index contributed by atoms with van der Waals surface area (Å²) in [6, 6.07) is 7.01. The van der Waals surface area contributed by atoms with Gasteiger partial charge in [-0.25, -0.2) is 0 Å². The van der Waals surface area contributed by atoms with E-state index in [2.05, 4.69) is 16.0 Å². The molecule has 1 aromatic carbocycles. The van der Waals surface area contributed by atoms with Gasteiger partial charge in [0.05, 0.1) is 0 Å². The number of nitrogens with one attached hydrogen (secondary N) is 3. The third kappa shape index (κ3) is 7.63. The van der Waals surface area contributed by atoms with Crippen LogP contribution < -0.4 is 16.0 Å². The van der Waals surface area contributed by atoms with E-state index in [-0.39, 0.29) is 24.0 Å². The molecule has 0 aliphatic carbocycles. The molecule has 202 valence electrons. The molecule has 0 saturated carbocycles. The number of ketones is 1. The Balaban J connectivity index is 1.80. The Bertz CT molecular complexity index is 994. The lowest BCUT2D eigenvalue weighted by atomic mass is 9.98. The van der Waals surface area contributed by atoms with Crippen LogP contribution in [0.25, 0.3) is 0 Å². The van der Waals surface area contributed by atoms with Crippen molar-refractivity contribution in [2.75, 3.05) is 6.54 Å². The van der Waals surface area contributed by atoms with Crippen LogP contribution in [0.15, 0.2) is 30.3 Å². The summed E-state index contributed by atoms with van der Waals surface area (Å²) in [4.78, 5) is 66.6. The van der Waals surface area contributed by atoms with E-state index < -0.39 is 35.5 Å². The lowest BCUT2D eigenvalue weighted by molar-refractivity contribution is -0.144. The molecule has 4 amide bonds. The Morgan fingerprint density at radius 1 is 0.973 bits per heavy atom. The summed E-state index contributed by atoms with van der Waals surface area (Å²) >= 11 is 0. The predicted octanol–water partition coefficient (Wildman–Crippen LogP) is 2.03. The van der Waals surface area contributed by atoms with Gasteiger partial charge in [-0.3, -0.25) is 24.0 Å². The van der Waals surface area contributed by atoms with Crippen LogP contribution in [0.1, 0.15) is 77.7 Å². The lowest BCUT2D eigenvalue weighted by Gasteiger charge is -2.34. The molecule has 37 heavy (non-hydrogen) atoms. The largest absolute Gasteiger partial charge is 0.343 e. The van der Waals surface area contributed by atoms with Crippen LogP contribution in [0.4, 0.5) is 0 Å². The zero-order valence-corrected chi connectivity index (χ0v) is 22.2. The molecule has 3 atom stereocenters. The highest BCUT2D eigenvalue weighted by molar-refractivity contribution is 5.99. The van der Waals surface area contributed by atoms with Crippen LogP contribution in [0.2, 0.25) is 0 Å². The number of hydrogen-bond acceptors (Lipinski definition) is 5. The molecule has 0 aromatic heterocycles. The van der Waals surface area contributed by atoms with Crippen LogP contribution in [-0.4, -0.2) is 64.5 Å². The van der Waals surface area contributed by atoms with Crippen molar-refractivity contribution in [3.05, 3.63) is 35.9 Å². The van der Waals surface area contributed by atoms with Gasteiger partial charge in [0.1, 0.15) is 29.4 Å². The molecule has 0 spiro atoms. The molecule has 9 nitrogen and oxygen atoms in total. The second-order valence-electron chi connectivity index (χ2n) is 10.6. The maximum atomic E-state index is 13.6. The topological polar surface area (TPSA) is 125 Å². The van der Waals surface area contributed by atoms with Crippen molar-refractivity contribution in [2.24, 2.45) is 0 Å². The molecule has 3 rings (SSSR count). The molecule has 1 aromatic rings. The van der Waals surface area contributed by atoms with Crippen LogP contribution in [0.5, 0.6) is 0 Å². The van der Waals surface area contributed by atoms with Gasteiger partial charge in [-0.2, -0.15) is 0 Å². The number of carbonyl (C=O) groups is 5. The van der Waals surface area contributed by atoms with Gasteiger partial charge in [0.25, 0.3) is 0 Å². The van der Waals surface area contributed by atoms with E-state index in [1.807, 2.05) is 37.3 Å². The molecule has 2 fully saturated rings. The second kappa shape index (κ2) is 12.8. The molecule has 0 bridgehead atoms. The third-order valence-corrected chi connectivity index (χ3v) is 7.20. The Kier molecular flexibility index (Phi) is 9.83. The summed E-state index contributed by atoms with van der Waals surface area (Å²) in [5.41, 5.74) is -0.414. The molecule has 2 heterocycles. The Labute approximate surface area is 219 Å². The Morgan fingerprint density at radius 3 is 2.41 bits per heavy atom. The van der Waals surface area contributed by atoms with Crippen molar-refractivity contribution in [2.45, 2.75) is 102 Å².